The standard InChI is InChI=1S/C10H12N6OS3/c1-4-5(2)12-13-8(6(4)7(11)16-17)19-10-15-14-9(18-3)20-10/h17H,1-3H3,(H2,11,16). The Morgan fingerprint density at radius 2 is 1.90 bits per heavy atom. The topological polar surface area (TPSA) is 110 Å². The summed E-state index contributed by atoms with van der Waals surface area (Å²) >= 11 is 4.29. The number of hydrogen-bond donors (Lipinski definition) is 2. The number of oxime groups is 1. The molecule has 2 aromatic rings. The molecule has 3 N–H and O–H groups in total. The van der Waals surface area contributed by atoms with Gasteiger partial charge in [-0.25, -0.2) is 0 Å². The number of amidine groups is 1. The first-order valence-electron chi connectivity index (χ1n) is 5.44. The fourth-order valence-electron chi connectivity index (χ4n) is 1.41. The first-order valence-corrected chi connectivity index (χ1v) is 8.29. The molecule has 0 radical (unpaired) electrons. The molecule has 106 valence electrons. The van der Waals surface area contributed by atoms with E-state index in [-0.39, 0.29) is 5.84 Å². The lowest BCUT2D eigenvalue weighted by Gasteiger charge is -2.09. The molecule has 2 aromatic heterocycles. The van der Waals surface area contributed by atoms with E-state index in [2.05, 4.69) is 25.6 Å². The summed E-state index contributed by atoms with van der Waals surface area (Å²) in [4.78, 5) is 0. The Morgan fingerprint density at radius 1 is 1.20 bits per heavy atom. The molecule has 0 atom stereocenters. The minimum absolute atomic E-state index is 0.0117. The van der Waals surface area contributed by atoms with Crippen LogP contribution < -0.4 is 5.73 Å². The Morgan fingerprint density at radius 3 is 2.50 bits per heavy atom. The van der Waals surface area contributed by atoms with Crippen molar-refractivity contribution in [3.05, 3.63) is 16.8 Å². The van der Waals surface area contributed by atoms with Crippen LogP contribution in [-0.4, -0.2) is 37.7 Å². The minimum Gasteiger partial charge on any atom is -0.409 e. The maximum atomic E-state index is 8.91. The summed E-state index contributed by atoms with van der Waals surface area (Å²) in [6, 6.07) is 0. The summed E-state index contributed by atoms with van der Waals surface area (Å²) in [5, 5.41) is 28.8. The smallest absolute Gasteiger partial charge is 0.181 e. The van der Waals surface area contributed by atoms with Crippen LogP contribution in [0.2, 0.25) is 0 Å². The van der Waals surface area contributed by atoms with Gasteiger partial charge in [0.15, 0.2) is 14.5 Å². The normalized spacial score (nSPS) is 11.8. The van der Waals surface area contributed by atoms with Gasteiger partial charge in [-0.2, -0.15) is 5.10 Å². The van der Waals surface area contributed by atoms with Gasteiger partial charge in [0, 0.05) is 0 Å². The predicted octanol–water partition coefficient (Wildman–Crippen LogP) is 1.91. The zero-order valence-corrected chi connectivity index (χ0v) is 13.4. The van der Waals surface area contributed by atoms with Crippen LogP contribution in [0.4, 0.5) is 0 Å². The number of aryl methyl sites for hydroxylation is 1. The molecule has 0 saturated carbocycles. The molecule has 2 rings (SSSR count). The molecule has 2 heterocycles. The number of hydrogen-bond acceptors (Lipinski definition) is 9. The maximum absolute atomic E-state index is 8.91. The van der Waals surface area contributed by atoms with Crippen LogP contribution in [0.5, 0.6) is 0 Å². The summed E-state index contributed by atoms with van der Waals surface area (Å²) < 4.78 is 1.61. The van der Waals surface area contributed by atoms with Crippen molar-refractivity contribution >= 4 is 40.7 Å². The summed E-state index contributed by atoms with van der Waals surface area (Å²) in [6.45, 7) is 3.68. The molecule has 0 bridgehead atoms. The van der Waals surface area contributed by atoms with Crippen molar-refractivity contribution < 1.29 is 5.21 Å². The zero-order valence-electron chi connectivity index (χ0n) is 11.0. The van der Waals surface area contributed by atoms with Gasteiger partial charge in [0.05, 0.1) is 11.3 Å². The number of thioether (sulfide) groups is 1. The van der Waals surface area contributed by atoms with Crippen molar-refractivity contribution in [1.82, 2.24) is 20.4 Å². The van der Waals surface area contributed by atoms with Gasteiger partial charge in [0.2, 0.25) is 0 Å². The van der Waals surface area contributed by atoms with Crippen LogP contribution in [0.3, 0.4) is 0 Å². The third-order valence-electron chi connectivity index (χ3n) is 2.53. The van der Waals surface area contributed by atoms with Crippen LogP contribution >= 0.6 is 34.9 Å². The highest BCUT2D eigenvalue weighted by Crippen LogP contribution is 2.34. The van der Waals surface area contributed by atoms with Crippen LogP contribution in [0.25, 0.3) is 0 Å². The van der Waals surface area contributed by atoms with E-state index in [0.717, 1.165) is 19.9 Å². The first kappa shape index (κ1) is 15.0. The summed E-state index contributed by atoms with van der Waals surface area (Å²) in [5.74, 6) is 0.0117. The molecule has 20 heavy (non-hydrogen) atoms. The lowest BCUT2D eigenvalue weighted by molar-refractivity contribution is 0.318. The van der Waals surface area contributed by atoms with Crippen molar-refractivity contribution in [3.8, 4) is 0 Å². The second kappa shape index (κ2) is 6.37. The number of nitrogens with two attached hydrogens (primary N) is 1. The molecule has 0 aliphatic heterocycles. The fourth-order valence-corrected chi connectivity index (χ4v) is 3.91. The fraction of sp³-hybridized carbons (Fsp3) is 0.300. The Labute approximate surface area is 128 Å². The lowest BCUT2D eigenvalue weighted by atomic mass is 10.1. The van der Waals surface area contributed by atoms with E-state index in [4.69, 9.17) is 10.9 Å². The molecular weight excluding hydrogens is 316 g/mol. The van der Waals surface area contributed by atoms with E-state index in [1.165, 1.54) is 34.9 Å². The van der Waals surface area contributed by atoms with E-state index in [9.17, 15) is 0 Å². The average molecular weight is 328 g/mol. The highest BCUT2D eigenvalue weighted by atomic mass is 32.2. The van der Waals surface area contributed by atoms with Gasteiger partial charge in [0.1, 0.15) is 5.03 Å². The van der Waals surface area contributed by atoms with Gasteiger partial charge < -0.3 is 10.9 Å². The monoisotopic (exact) mass is 328 g/mol. The number of rotatable bonds is 4. The summed E-state index contributed by atoms with van der Waals surface area (Å²) in [7, 11) is 0. The van der Waals surface area contributed by atoms with Gasteiger partial charge in [-0.1, -0.05) is 28.3 Å². The van der Waals surface area contributed by atoms with Crippen molar-refractivity contribution in [2.45, 2.75) is 27.6 Å². The molecule has 0 unspecified atom stereocenters. The molecule has 0 aromatic carbocycles. The Bertz CT molecular complexity index is 656. The summed E-state index contributed by atoms with van der Waals surface area (Å²) in [5.41, 5.74) is 7.87. The zero-order chi connectivity index (χ0) is 14.7. The summed E-state index contributed by atoms with van der Waals surface area (Å²) in [6.07, 6.45) is 1.94. The molecule has 7 nitrogen and oxygen atoms in total. The van der Waals surface area contributed by atoms with Gasteiger partial charge in [-0.3, -0.25) is 0 Å². The SMILES string of the molecule is CSc1nnc(Sc2nnc(C)c(C)c2C(N)=NO)s1. The predicted molar refractivity (Wildman–Crippen MR) is 79.8 cm³/mol. The van der Waals surface area contributed by atoms with Crippen LogP contribution in [0.15, 0.2) is 18.9 Å². The van der Waals surface area contributed by atoms with E-state index >= 15 is 0 Å². The van der Waals surface area contributed by atoms with Gasteiger partial charge in [-0.05, 0) is 37.4 Å². The van der Waals surface area contributed by atoms with E-state index in [1.54, 1.807) is 0 Å². The second-order valence-corrected chi connectivity index (χ2v) is 6.98. The van der Waals surface area contributed by atoms with E-state index < -0.39 is 0 Å². The molecular formula is C10H12N6OS3. The van der Waals surface area contributed by atoms with E-state index in [0.29, 0.717) is 10.6 Å². The molecule has 0 fully saturated rings. The highest BCUT2D eigenvalue weighted by Gasteiger charge is 2.18. The first-order chi connectivity index (χ1) is 9.56. The molecule has 0 aliphatic rings. The average Bonchev–Trinajstić information content (AvgIpc) is 2.90. The highest BCUT2D eigenvalue weighted by molar-refractivity contribution is 8.03. The van der Waals surface area contributed by atoms with Crippen LogP contribution in [-0.2, 0) is 0 Å². The largest absolute Gasteiger partial charge is 0.409 e. The van der Waals surface area contributed by atoms with Crippen LogP contribution in [0.1, 0.15) is 16.8 Å². The molecule has 10 heteroatoms. The Kier molecular flexibility index (Phi) is 4.78. The quantitative estimate of drug-likeness (QED) is 0.288. The maximum Gasteiger partial charge on any atom is 0.181 e. The molecule has 0 amide bonds. The van der Waals surface area contributed by atoms with E-state index in [1.807, 2.05) is 20.1 Å². The third kappa shape index (κ3) is 3.02. The third-order valence-corrected chi connectivity index (χ3v) is 5.46. The van der Waals surface area contributed by atoms with Crippen molar-refractivity contribution in [3.63, 3.8) is 0 Å². The van der Waals surface area contributed by atoms with Crippen molar-refractivity contribution in [1.29, 1.82) is 0 Å². The molecule has 0 aliphatic carbocycles. The van der Waals surface area contributed by atoms with Gasteiger partial charge >= 0.3 is 0 Å². The van der Waals surface area contributed by atoms with Crippen LogP contribution in [0, 0.1) is 13.8 Å². The van der Waals surface area contributed by atoms with Crippen molar-refractivity contribution in [2.24, 2.45) is 10.9 Å². The Hall–Kier alpha value is -1.39. The molecule has 0 saturated heterocycles. The number of nitrogens with zero attached hydrogens (tertiary/aromatic N) is 5. The lowest BCUT2D eigenvalue weighted by Crippen LogP contribution is -2.18. The van der Waals surface area contributed by atoms with Gasteiger partial charge in [-0.15, -0.1) is 15.3 Å². The Balaban J connectivity index is 2.43. The van der Waals surface area contributed by atoms with Gasteiger partial charge in [0.25, 0.3) is 0 Å². The number of aromatic nitrogens is 4. The van der Waals surface area contributed by atoms with Crippen molar-refractivity contribution in [2.75, 3.05) is 6.26 Å². The minimum atomic E-state index is 0.0117. The second-order valence-electron chi connectivity index (χ2n) is 3.72. The molecule has 0 spiro atoms.